The summed E-state index contributed by atoms with van der Waals surface area (Å²) in [5, 5.41) is 3.90. The molecule has 0 aliphatic rings. The number of hydrogen-bond acceptors (Lipinski definition) is 3. The highest BCUT2D eigenvalue weighted by molar-refractivity contribution is 5.44. The molecule has 0 atom stereocenters. The third-order valence-corrected chi connectivity index (χ3v) is 2.23. The molecule has 3 nitrogen and oxygen atoms in total. The number of nitrogens with zero attached hydrogens (tertiary/aromatic N) is 2. The van der Waals surface area contributed by atoms with Gasteiger partial charge in [-0.05, 0) is 27.7 Å². The molecule has 0 bridgehead atoms. The summed E-state index contributed by atoms with van der Waals surface area (Å²) in [5.74, 6) is 0.877. The molecule has 0 aliphatic heterocycles. The summed E-state index contributed by atoms with van der Waals surface area (Å²) in [4.78, 5) is 2.08. The maximum Gasteiger partial charge on any atom is 0.230 e. The van der Waals surface area contributed by atoms with Crippen LogP contribution >= 0.6 is 0 Å². The summed E-state index contributed by atoms with van der Waals surface area (Å²) in [6.07, 6.45) is 0. The fraction of sp³-hybridized carbons (Fsp3) is 0.667. The molecular formula is C9H16N2O. The molecule has 3 heteroatoms. The normalized spacial score (nSPS) is 10.8. The van der Waals surface area contributed by atoms with Gasteiger partial charge in [-0.3, -0.25) is 0 Å². The van der Waals surface area contributed by atoms with Gasteiger partial charge in [0.25, 0.3) is 0 Å². The average molecular weight is 168 g/mol. The first-order valence-corrected chi connectivity index (χ1v) is 4.19. The molecule has 0 amide bonds. The second-order valence-electron chi connectivity index (χ2n) is 3.40. The first kappa shape index (κ1) is 9.10. The van der Waals surface area contributed by atoms with Gasteiger partial charge in [0, 0.05) is 18.7 Å². The first-order chi connectivity index (χ1) is 5.54. The lowest BCUT2D eigenvalue weighted by atomic mass is 10.2. The van der Waals surface area contributed by atoms with Gasteiger partial charge in [-0.15, -0.1) is 0 Å². The molecule has 0 N–H and O–H groups in total. The predicted molar refractivity (Wildman–Crippen MR) is 49.5 cm³/mol. The van der Waals surface area contributed by atoms with Crippen LogP contribution < -0.4 is 4.90 Å². The third kappa shape index (κ3) is 1.44. The van der Waals surface area contributed by atoms with Gasteiger partial charge in [0.1, 0.15) is 0 Å². The van der Waals surface area contributed by atoms with Crippen molar-refractivity contribution >= 4 is 5.88 Å². The molecule has 0 radical (unpaired) electrons. The van der Waals surface area contributed by atoms with E-state index in [9.17, 15) is 0 Å². The zero-order valence-corrected chi connectivity index (χ0v) is 8.38. The van der Waals surface area contributed by atoms with Crippen molar-refractivity contribution in [2.45, 2.75) is 33.7 Å². The molecule has 0 unspecified atom stereocenters. The van der Waals surface area contributed by atoms with Gasteiger partial charge >= 0.3 is 0 Å². The van der Waals surface area contributed by atoms with E-state index in [0.717, 1.165) is 17.1 Å². The van der Waals surface area contributed by atoms with Crippen molar-refractivity contribution in [1.29, 1.82) is 0 Å². The van der Waals surface area contributed by atoms with Crippen LogP contribution in [0.3, 0.4) is 0 Å². The van der Waals surface area contributed by atoms with Crippen LogP contribution in [-0.4, -0.2) is 18.2 Å². The Balaban J connectivity index is 2.95. The Morgan fingerprint density at radius 3 is 2.25 bits per heavy atom. The minimum absolute atomic E-state index is 0.441. The Hall–Kier alpha value is -0.990. The van der Waals surface area contributed by atoms with E-state index in [4.69, 9.17) is 4.52 Å². The molecule has 12 heavy (non-hydrogen) atoms. The molecule has 0 aliphatic carbocycles. The molecule has 68 valence electrons. The fourth-order valence-electron chi connectivity index (χ4n) is 0.967. The van der Waals surface area contributed by atoms with Crippen LogP contribution in [0.25, 0.3) is 0 Å². The molecule has 0 fully saturated rings. The number of aryl methyl sites for hydroxylation is 1. The summed E-state index contributed by atoms with van der Waals surface area (Å²) in [6, 6.07) is 0.441. The highest BCUT2D eigenvalue weighted by atomic mass is 16.5. The smallest absolute Gasteiger partial charge is 0.230 e. The molecule has 1 rings (SSSR count). The van der Waals surface area contributed by atoms with Gasteiger partial charge in [0.15, 0.2) is 0 Å². The van der Waals surface area contributed by atoms with Crippen LogP contribution in [0.4, 0.5) is 5.88 Å². The van der Waals surface area contributed by atoms with Crippen molar-refractivity contribution in [3.8, 4) is 0 Å². The summed E-state index contributed by atoms with van der Waals surface area (Å²) in [6.45, 7) is 8.23. The molecule has 1 aromatic rings. The maximum absolute atomic E-state index is 5.19. The quantitative estimate of drug-likeness (QED) is 0.677. The van der Waals surface area contributed by atoms with Crippen molar-refractivity contribution in [3.63, 3.8) is 0 Å². The Morgan fingerprint density at radius 2 is 1.92 bits per heavy atom. The molecule has 0 spiro atoms. The molecular weight excluding hydrogens is 152 g/mol. The van der Waals surface area contributed by atoms with Crippen LogP contribution in [0, 0.1) is 13.8 Å². The lowest BCUT2D eigenvalue weighted by Crippen LogP contribution is -2.25. The van der Waals surface area contributed by atoms with Crippen molar-refractivity contribution in [2.75, 3.05) is 11.9 Å². The molecule has 1 heterocycles. The number of anilines is 1. The van der Waals surface area contributed by atoms with Crippen molar-refractivity contribution in [2.24, 2.45) is 0 Å². The molecule has 0 saturated carbocycles. The van der Waals surface area contributed by atoms with Gasteiger partial charge in [0.05, 0.1) is 5.69 Å². The van der Waals surface area contributed by atoms with E-state index in [2.05, 4.69) is 23.9 Å². The Labute approximate surface area is 73.3 Å². The Bertz CT molecular complexity index is 265. The van der Waals surface area contributed by atoms with Crippen molar-refractivity contribution in [1.82, 2.24) is 5.16 Å². The molecule has 1 aromatic heterocycles. The number of rotatable bonds is 2. The second kappa shape index (κ2) is 3.17. The summed E-state index contributed by atoms with van der Waals surface area (Å²) >= 11 is 0. The lowest BCUT2D eigenvalue weighted by Gasteiger charge is -2.20. The Kier molecular flexibility index (Phi) is 2.40. The summed E-state index contributed by atoms with van der Waals surface area (Å²) < 4.78 is 5.19. The van der Waals surface area contributed by atoms with Crippen LogP contribution in [0.2, 0.25) is 0 Å². The van der Waals surface area contributed by atoms with E-state index >= 15 is 0 Å². The second-order valence-corrected chi connectivity index (χ2v) is 3.40. The van der Waals surface area contributed by atoms with Crippen molar-refractivity contribution in [3.05, 3.63) is 11.3 Å². The third-order valence-electron chi connectivity index (χ3n) is 2.23. The zero-order valence-electron chi connectivity index (χ0n) is 8.38. The minimum atomic E-state index is 0.441. The van der Waals surface area contributed by atoms with Gasteiger partial charge in [-0.1, -0.05) is 5.16 Å². The fourth-order valence-corrected chi connectivity index (χ4v) is 0.967. The number of hydrogen-bond donors (Lipinski definition) is 0. The van der Waals surface area contributed by atoms with E-state index in [1.54, 1.807) is 0 Å². The topological polar surface area (TPSA) is 29.3 Å². The predicted octanol–water partition coefficient (Wildman–Crippen LogP) is 2.14. The van der Waals surface area contributed by atoms with Gasteiger partial charge in [0.2, 0.25) is 5.88 Å². The number of aromatic nitrogens is 1. The van der Waals surface area contributed by atoms with E-state index in [-0.39, 0.29) is 0 Å². The van der Waals surface area contributed by atoms with E-state index in [1.807, 2.05) is 20.9 Å². The summed E-state index contributed by atoms with van der Waals surface area (Å²) in [7, 11) is 2.01. The molecule has 0 aromatic carbocycles. The first-order valence-electron chi connectivity index (χ1n) is 4.19. The van der Waals surface area contributed by atoms with Crippen LogP contribution in [0.15, 0.2) is 4.52 Å². The lowest BCUT2D eigenvalue weighted by molar-refractivity contribution is 0.409. The minimum Gasteiger partial charge on any atom is -0.341 e. The highest BCUT2D eigenvalue weighted by Crippen LogP contribution is 2.22. The largest absolute Gasteiger partial charge is 0.341 e. The van der Waals surface area contributed by atoms with Crippen molar-refractivity contribution < 1.29 is 4.52 Å². The standard InChI is InChI=1S/C9H16N2O/c1-6(2)11(5)9-7(3)8(4)10-12-9/h6H,1-5H3. The van der Waals surface area contributed by atoms with E-state index < -0.39 is 0 Å². The maximum atomic E-state index is 5.19. The molecule has 0 saturated heterocycles. The van der Waals surface area contributed by atoms with Gasteiger partial charge in [-0.2, -0.15) is 0 Å². The monoisotopic (exact) mass is 168 g/mol. The summed E-state index contributed by atoms with van der Waals surface area (Å²) in [5.41, 5.74) is 2.10. The van der Waals surface area contributed by atoms with Crippen LogP contribution in [-0.2, 0) is 0 Å². The van der Waals surface area contributed by atoms with Crippen LogP contribution in [0.1, 0.15) is 25.1 Å². The van der Waals surface area contributed by atoms with E-state index in [0.29, 0.717) is 6.04 Å². The average Bonchev–Trinajstić information content (AvgIpc) is 2.32. The Morgan fingerprint density at radius 1 is 1.33 bits per heavy atom. The zero-order chi connectivity index (χ0) is 9.30. The SMILES string of the molecule is Cc1noc(N(C)C(C)C)c1C. The highest BCUT2D eigenvalue weighted by Gasteiger charge is 2.14. The van der Waals surface area contributed by atoms with Crippen LogP contribution in [0.5, 0.6) is 0 Å². The van der Waals surface area contributed by atoms with Gasteiger partial charge in [-0.25, -0.2) is 0 Å². The van der Waals surface area contributed by atoms with E-state index in [1.165, 1.54) is 0 Å². The van der Waals surface area contributed by atoms with Gasteiger partial charge < -0.3 is 9.42 Å².